The molecule has 0 radical (unpaired) electrons. The average molecular weight is 215 g/mol. The maximum atomic E-state index is 11.0. The molecule has 4 nitrogen and oxygen atoms in total. The molecule has 4 heteroatoms. The smallest absolute Gasteiger partial charge is 0.231 e. The second-order valence-electron chi connectivity index (χ2n) is 4.02. The minimum atomic E-state index is -0.275. The lowest BCUT2D eigenvalue weighted by atomic mass is 9.90. The summed E-state index contributed by atoms with van der Waals surface area (Å²) >= 11 is 0. The number of nitrogens with zero attached hydrogens (tertiary/aromatic N) is 1. The van der Waals surface area contributed by atoms with Crippen molar-refractivity contribution in [1.82, 2.24) is 4.90 Å². The third-order valence-electron chi connectivity index (χ3n) is 3.21. The van der Waals surface area contributed by atoms with Crippen LogP contribution in [-0.4, -0.2) is 36.0 Å². The van der Waals surface area contributed by atoms with E-state index in [0.717, 1.165) is 25.8 Å². The Morgan fingerprint density at radius 3 is 2.07 bits per heavy atom. The number of hydrogen-bond donors (Lipinski definition) is 2. The summed E-state index contributed by atoms with van der Waals surface area (Å²) in [7, 11) is 0. The fourth-order valence-electron chi connectivity index (χ4n) is 2.06. The Bertz CT molecular complexity index is 182. The fourth-order valence-corrected chi connectivity index (χ4v) is 2.06. The molecule has 1 amide bonds. The molecule has 0 aromatic heterocycles. The third kappa shape index (κ3) is 3.80. The molecule has 0 heterocycles. The molecule has 0 atom stereocenters. The van der Waals surface area contributed by atoms with Gasteiger partial charge in [-0.15, -0.1) is 0 Å². The maximum Gasteiger partial charge on any atom is 0.231 e. The second-order valence-corrected chi connectivity index (χ2v) is 4.02. The van der Waals surface area contributed by atoms with E-state index >= 15 is 0 Å². The fraction of sp³-hybridized carbons (Fsp3) is 0.909. The van der Waals surface area contributed by atoms with Gasteiger partial charge in [0.2, 0.25) is 5.91 Å². The Morgan fingerprint density at radius 2 is 1.80 bits per heavy atom. The monoisotopic (exact) mass is 215 g/mol. The largest absolute Gasteiger partial charge is 0.369 e. The molecule has 0 spiro atoms. The summed E-state index contributed by atoms with van der Waals surface area (Å²) in [4.78, 5) is 13.2. The Labute approximate surface area is 93.0 Å². The number of hydrogen-bond acceptors (Lipinski definition) is 3. The second kappa shape index (κ2) is 6.80. The van der Waals surface area contributed by atoms with Gasteiger partial charge in [0.1, 0.15) is 0 Å². The number of carbonyl (C=O) groups excluding carboxylic acids is 1. The highest BCUT2D eigenvalue weighted by Crippen LogP contribution is 2.22. The quantitative estimate of drug-likeness (QED) is 0.626. The highest BCUT2D eigenvalue weighted by atomic mass is 16.1. The van der Waals surface area contributed by atoms with Crippen LogP contribution in [-0.2, 0) is 4.79 Å². The first-order valence-corrected chi connectivity index (χ1v) is 5.79. The highest BCUT2D eigenvalue weighted by molar-refractivity contribution is 5.76. The van der Waals surface area contributed by atoms with Crippen LogP contribution in [0.25, 0.3) is 0 Å². The molecule has 0 aliphatic carbocycles. The lowest BCUT2D eigenvalue weighted by molar-refractivity contribution is -0.120. The topological polar surface area (TPSA) is 72.3 Å². The maximum absolute atomic E-state index is 11.0. The normalized spacial score (nSPS) is 12.1. The molecule has 15 heavy (non-hydrogen) atoms. The van der Waals surface area contributed by atoms with Gasteiger partial charge in [-0.25, -0.2) is 0 Å². The SMILES string of the molecule is CCCN(CC(N)=O)C(CC)(CC)CN. The van der Waals surface area contributed by atoms with Crippen molar-refractivity contribution in [3.05, 3.63) is 0 Å². The van der Waals surface area contributed by atoms with Gasteiger partial charge in [-0.3, -0.25) is 9.69 Å². The van der Waals surface area contributed by atoms with Gasteiger partial charge in [0, 0.05) is 12.1 Å². The molecule has 0 saturated heterocycles. The van der Waals surface area contributed by atoms with E-state index < -0.39 is 0 Å². The van der Waals surface area contributed by atoms with Crippen molar-refractivity contribution in [2.75, 3.05) is 19.6 Å². The molecule has 0 aromatic rings. The van der Waals surface area contributed by atoms with Gasteiger partial charge >= 0.3 is 0 Å². The molecule has 0 bridgehead atoms. The van der Waals surface area contributed by atoms with Gasteiger partial charge in [0.25, 0.3) is 0 Å². The molecule has 4 N–H and O–H groups in total. The van der Waals surface area contributed by atoms with E-state index in [4.69, 9.17) is 11.5 Å². The van der Waals surface area contributed by atoms with Crippen molar-refractivity contribution in [3.63, 3.8) is 0 Å². The molecular weight excluding hydrogens is 190 g/mol. The molecule has 0 rings (SSSR count). The van der Waals surface area contributed by atoms with Crippen LogP contribution in [0.4, 0.5) is 0 Å². The van der Waals surface area contributed by atoms with E-state index in [0.29, 0.717) is 13.1 Å². The first-order valence-electron chi connectivity index (χ1n) is 5.79. The summed E-state index contributed by atoms with van der Waals surface area (Å²) in [5.41, 5.74) is 11.0. The summed E-state index contributed by atoms with van der Waals surface area (Å²) in [6.45, 7) is 8.09. The number of primary amides is 1. The molecule has 0 saturated carbocycles. The molecule has 90 valence electrons. The van der Waals surface area contributed by atoms with Crippen LogP contribution in [0.2, 0.25) is 0 Å². The van der Waals surface area contributed by atoms with Crippen LogP contribution in [0.1, 0.15) is 40.0 Å². The predicted octanol–water partition coefficient (Wildman–Crippen LogP) is 0.701. The molecule has 0 unspecified atom stereocenters. The van der Waals surface area contributed by atoms with Crippen molar-refractivity contribution in [1.29, 1.82) is 0 Å². The predicted molar refractivity (Wildman–Crippen MR) is 63.4 cm³/mol. The summed E-state index contributed by atoms with van der Waals surface area (Å²) in [6, 6.07) is 0. The lowest BCUT2D eigenvalue weighted by Gasteiger charge is -2.41. The first kappa shape index (κ1) is 14.4. The van der Waals surface area contributed by atoms with Gasteiger partial charge in [0.15, 0.2) is 0 Å². The van der Waals surface area contributed by atoms with Crippen LogP contribution in [0.3, 0.4) is 0 Å². The Kier molecular flexibility index (Phi) is 6.52. The van der Waals surface area contributed by atoms with Crippen molar-refractivity contribution < 1.29 is 4.79 Å². The van der Waals surface area contributed by atoms with E-state index in [-0.39, 0.29) is 11.4 Å². The van der Waals surface area contributed by atoms with Crippen LogP contribution < -0.4 is 11.5 Å². The molecule has 0 aliphatic rings. The van der Waals surface area contributed by atoms with Gasteiger partial charge < -0.3 is 11.5 Å². The number of nitrogens with two attached hydrogens (primary N) is 2. The van der Waals surface area contributed by atoms with Crippen molar-refractivity contribution >= 4 is 5.91 Å². The highest BCUT2D eigenvalue weighted by Gasteiger charge is 2.32. The summed E-state index contributed by atoms with van der Waals surface area (Å²) in [5, 5.41) is 0. The van der Waals surface area contributed by atoms with E-state index in [1.807, 2.05) is 0 Å². The Morgan fingerprint density at radius 1 is 1.27 bits per heavy atom. The first-order chi connectivity index (χ1) is 7.06. The number of amides is 1. The van der Waals surface area contributed by atoms with Crippen LogP contribution in [0, 0.1) is 0 Å². The van der Waals surface area contributed by atoms with Gasteiger partial charge in [-0.1, -0.05) is 20.8 Å². The van der Waals surface area contributed by atoms with E-state index in [1.54, 1.807) is 0 Å². The summed E-state index contributed by atoms with van der Waals surface area (Å²) < 4.78 is 0. The number of carbonyl (C=O) groups is 1. The van der Waals surface area contributed by atoms with Gasteiger partial charge in [-0.05, 0) is 25.8 Å². The van der Waals surface area contributed by atoms with Crippen molar-refractivity contribution in [2.45, 2.75) is 45.6 Å². The zero-order valence-corrected chi connectivity index (χ0v) is 10.3. The zero-order chi connectivity index (χ0) is 11.9. The standard InChI is InChI=1S/C11H25N3O/c1-4-7-14(8-10(13)15)11(5-2,6-3)9-12/h4-9,12H2,1-3H3,(H2,13,15). The zero-order valence-electron chi connectivity index (χ0n) is 10.3. The average Bonchev–Trinajstić information content (AvgIpc) is 2.21. The van der Waals surface area contributed by atoms with E-state index in [2.05, 4.69) is 25.7 Å². The molecular formula is C11H25N3O. The number of rotatable bonds is 8. The van der Waals surface area contributed by atoms with E-state index in [1.165, 1.54) is 0 Å². The minimum absolute atomic E-state index is 0.0644. The van der Waals surface area contributed by atoms with Crippen LogP contribution in [0.5, 0.6) is 0 Å². The van der Waals surface area contributed by atoms with Gasteiger partial charge in [-0.2, -0.15) is 0 Å². The lowest BCUT2D eigenvalue weighted by Crippen LogP contribution is -2.55. The van der Waals surface area contributed by atoms with Crippen molar-refractivity contribution in [3.8, 4) is 0 Å². The minimum Gasteiger partial charge on any atom is -0.369 e. The van der Waals surface area contributed by atoms with E-state index in [9.17, 15) is 4.79 Å². The Balaban J connectivity index is 4.73. The Hall–Kier alpha value is -0.610. The van der Waals surface area contributed by atoms with Crippen LogP contribution in [0.15, 0.2) is 0 Å². The third-order valence-corrected chi connectivity index (χ3v) is 3.21. The summed E-state index contributed by atoms with van der Waals surface area (Å²) in [5.74, 6) is -0.275. The molecule has 0 fully saturated rings. The molecule has 0 aromatic carbocycles. The van der Waals surface area contributed by atoms with Crippen molar-refractivity contribution in [2.24, 2.45) is 11.5 Å². The summed E-state index contributed by atoms with van der Waals surface area (Å²) in [6.07, 6.45) is 2.91. The van der Waals surface area contributed by atoms with Gasteiger partial charge in [0.05, 0.1) is 6.54 Å². The molecule has 0 aliphatic heterocycles. The van der Waals surface area contributed by atoms with Crippen LogP contribution >= 0.6 is 0 Å².